The van der Waals surface area contributed by atoms with Gasteiger partial charge in [-0.1, -0.05) is 29.5 Å². The molecular formula is C20H19N5OS. The maximum Gasteiger partial charge on any atom is 0.255 e. The third kappa shape index (κ3) is 2.57. The van der Waals surface area contributed by atoms with Gasteiger partial charge in [0.05, 0.1) is 32.9 Å². The molecule has 0 saturated carbocycles. The summed E-state index contributed by atoms with van der Waals surface area (Å²) in [6.45, 7) is 2.78. The van der Waals surface area contributed by atoms with Crippen LogP contribution in [-0.2, 0) is 0 Å². The van der Waals surface area contributed by atoms with Crippen molar-refractivity contribution < 1.29 is 4.79 Å². The lowest BCUT2D eigenvalue weighted by Crippen LogP contribution is -2.31. The fourth-order valence-electron chi connectivity index (χ4n) is 3.94. The molecule has 1 unspecified atom stereocenters. The summed E-state index contributed by atoms with van der Waals surface area (Å²) in [7, 11) is 0. The van der Waals surface area contributed by atoms with Crippen LogP contribution in [0.3, 0.4) is 0 Å². The van der Waals surface area contributed by atoms with Crippen LogP contribution < -0.4 is 5.73 Å². The first-order chi connectivity index (χ1) is 13.1. The first kappa shape index (κ1) is 16.3. The highest BCUT2D eigenvalue weighted by atomic mass is 32.1. The molecule has 1 aliphatic heterocycles. The molecule has 1 atom stereocenters. The number of nitrogens with one attached hydrogen (secondary N) is 1. The molecule has 27 heavy (non-hydrogen) atoms. The highest BCUT2D eigenvalue weighted by Crippen LogP contribution is 2.35. The number of para-hydroxylation sites is 1. The smallest absolute Gasteiger partial charge is 0.255 e. The van der Waals surface area contributed by atoms with Crippen molar-refractivity contribution in [3.63, 3.8) is 0 Å². The van der Waals surface area contributed by atoms with Gasteiger partial charge in [-0.2, -0.15) is 0 Å². The van der Waals surface area contributed by atoms with E-state index < -0.39 is 0 Å². The van der Waals surface area contributed by atoms with E-state index in [0.717, 1.165) is 52.0 Å². The maximum atomic E-state index is 13.4. The number of hydrogen-bond donors (Lipinski definition) is 2. The van der Waals surface area contributed by atoms with Crippen LogP contribution in [0.25, 0.3) is 21.3 Å². The van der Waals surface area contributed by atoms with Crippen molar-refractivity contribution >= 4 is 43.6 Å². The van der Waals surface area contributed by atoms with Crippen molar-refractivity contribution in [1.29, 1.82) is 0 Å². The number of likely N-dealkylation sites (tertiary alicyclic amines) is 1. The molecule has 136 valence electrons. The van der Waals surface area contributed by atoms with E-state index in [2.05, 4.69) is 23.0 Å². The maximum absolute atomic E-state index is 13.4. The Hall–Kier alpha value is -2.93. The number of amides is 1. The molecular weight excluding hydrogens is 358 g/mol. The summed E-state index contributed by atoms with van der Waals surface area (Å²) in [6, 6.07) is 11.7. The van der Waals surface area contributed by atoms with E-state index in [1.807, 2.05) is 35.2 Å². The molecule has 1 amide bonds. The Morgan fingerprint density at radius 3 is 2.96 bits per heavy atom. The average molecular weight is 377 g/mol. The molecule has 2 aromatic heterocycles. The SMILES string of the molecule is Cc1cccc2[nH]c(C3CCCN3C(=O)c3cccc4nc(N)sc34)nc12. The molecule has 0 radical (unpaired) electrons. The molecule has 1 saturated heterocycles. The summed E-state index contributed by atoms with van der Waals surface area (Å²) in [5.41, 5.74) is 10.4. The number of aryl methyl sites for hydroxylation is 1. The van der Waals surface area contributed by atoms with Gasteiger partial charge in [0.15, 0.2) is 5.13 Å². The molecule has 0 aliphatic carbocycles. The number of hydrogen-bond acceptors (Lipinski definition) is 5. The topological polar surface area (TPSA) is 87.9 Å². The second-order valence-electron chi connectivity index (χ2n) is 6.96. The Morgan fingerprint density at radius 1 is 1.26 bits per heavy atom. The zero-order valence-corrected chi connectivity index (χ0v) is 15.7. The van der Waals surface area contributed by atoms with Gasteiger partial charge in [0.1, 0.15) is 5.82 Å². The zero-order chi connectivity index (χ0) is 18.5. The Kier molecular flexibility index (Phi) is 3.65. The lowest BCUT2D eigenvalue weighted by Gasteiger charge is -2.23. The number of imidazole rings is 1. The number of carbonyl (C=O) groups excluding carboxylic acids is 1. The fourth-order valence-corrected chi connectivity index (χ4v) is 4.77. The standard InChI is InChI=1S/C20H19N5OS/c1-11-5-2-7-13-16(11)24-18(22-13)15-9-4-10-25(15)19(26)12-6-3-8-14-17(12)27-20(21)23-14/h2-3,5-8,15H,4,9-10H2,1H3,(H2,21,23)(H,22,24). The number of aromatic nitrogens is 3. The Labute approximate surface area is 160 Å². The molecule has 4 aromatic rings. The lowest BCUT2D eigenvalue weighted by molar-refractivity contribution is 0.0733. The number of anilines is 1. The summed E-state index contributed by atoms with van der Waals surface area (Å²) in [5.74, 6) is 0.880. The van der Waals surface area contributed by atoms with Crippen molar-refractivity contribution in [2.24, 2.45) is 0 Å². The monoisotopic (exact) mass is 377 g/mol. The predicted octanol–water partition coefficient (Wildman–Crippen LogP) is 4.04. The van der Waals surface area contributed by atoms with E-state index in [9.17, 15) is 4.79 Å². The van der Waals surface area contributed by atoms with Gasteiger partial charge in [-0.25, -0.2) is 9.97 Å². The Morgan fingerprint density at radius 2 is 2.11 bits per heavy atom. The number of rotatable bonds is 2. The van der Waals surface area contributed by atoms with Gasteiger partial charge in [-0.3, -0.25) is 4.79 Å². The molecule has 1 aliphatic rings. The highest BCUT2D eigenvalue weighted by molar-refractivity contribution is 7.22. The molecule has 1 fully saturated rings. The number of nitrogens with zero attached hydrogens (tertiary/aromatic N) is 3. The quantitative estimate of drug-likeness (QED) is 0.552. The van der Waals surface area contributed by atoms with Gasteiger partial charge in [0, 0.05) is 6.54 Å². The second kappa shape index (κ2) is 6.06. The third-order valence-corrected chi connectivity index (χ3v) is 6.16. The lowest BCUT2D eigenvalue weighted by atomic mass is 10.1. The van der Waals surface area contributed by atoms with Gasteiger partial charge >= 0.3 is 0 Å². The van der Waals surface area contributed by atoms with E-state index in [1.165, 1.54) is 11.3 Å². The third-order valence-electron chi connectivity index (χ3n) is 5.22. The molecule has 7 heteroatoms. The van der Waals surface area contributed by atoms with Crippen molar-refractivity contribution in [2.75, 3.05) is 12.3 Å². The minimum Gasteiger partial charge on any atom is -0.375 e. The highest BCUT2D eigenvalue weighted by Gasteiger charge is 2.33. The summed E-state index contributed by atoms with van der Waals surface area (Å²) in [5, 5.41) is 0.482. The van der Waals surface area contributed by atoms with Gasteiger partial charge < -0.3 is 15.6 Å². The van der Waals surface area contributed by atoms with Crippen LogP contribution in [0.1, 0.15) is 40.6 Å². The van der Waals surface area contributed by atoms with Crippen LogP contribution in [0.15, 0.2) is 36.4 Å². The normalized spacial score (nSPS) is 17.2. The van der Waals surface area contributed by atoms with Gasteiger partial charge in [-0.05, 0) is 43.5 Å². The molecule has 5 rings (SSSR count). The minimum atomic E-state index is -0.0372. The number of carbonyl (C=O) groups is 1. The van der Waals surface area contributed by atoms with Gasteiger partial charge in [0.2, 0.25) is 0 Å². The molecule has 2 aromatic carbocycles. The van der Waals surface area contributed by atoms with Gasteiger partial charge in [-0.15, -0.1) is 0 Å². The molecule has 3 N–H and O–H groups in total. The predicted molar refractivity (Wildman–Crippen MR) is 108 cm³/mol. The average Bonchev–Trinajstić information content (AvgIpc) is 3.37. The van der Waals surface area contributed by atoms with Crippen molar-refractivity contribution in [3.05, 3.63) is 53.3 Å². The minimum absolute atomic E-state index is 0.0175. The fraction of sp³-hybridized carbons (Fsp3) is 0.250. The summed E-state index contributed by atoms with van der Waals surface area (Å²) < 4.78 is 0.853. The van der Waals surface area contributed by atoms with Crippen LogP contribution in [0, 0.1) is 6.92 Å². The number of H-pyrrole nitrogens is 1. The molecule has 0 bridgehead atoms. The van der Waals surface area contributed by atoms with Crippen LogP contribution in [0.5, 0.6) is 0 Å². The van der Waals surface area contributed by atoms with E-state index in [-0.39, 0.29) is 11.9 Å². The second-order valence-corrected chi connectivity index (χ2v) is 7.99. The molecule has 0 spiro atoms. The summed E-state index contributed by atoms with van der Waals surface area (Å²) >= 11 is 1.36. The van der Waals surface area contributed by atoms with E-state index in [1.54, 1.807) is 0 Å². The summed E-state index contributed by atoms with van der Waals surface area (Å²) in [4.78, 5) is 27.8. The number of nitrogen functional groups attached to an aromatic ring is 1. The molecule has 6 nitrogen and oxygen atoms in total. The number of nitrogens with two attached hydrogens (primary N) is 1. The Bertz CT molecular complexity index is 1180. The van der Waals surface area contributed by atoms with E-state index in [0.29, 0.717) is 10.7 Å². The van der Waals surface area contributed by atoms with Gasteiger partial charge in [0.25, 0.3) is 5.91 Å². The van der Waals surface area contributed by atoms with Crippen LogP contribution in [-0.4, -0.2) is 32.3 Å². The zero-order valence-electron chi connectivity index (χ0n) is 14.9. The largest absolute Gasteiger partial charge is 0.375 e. The van der Waals surface area contributed by atoms with Crippen molar-refractivity contribution in [1.82, 2.24) is 19.9 Å². The van der Waals surface area contributed by atoms with Crippen LogP contribution in [0.4, 0.5) is 5.13 Å². The van der Waals surface area contributed by atoms with Crippen LogP contribution >= 0.6 is 11.3 Å². The Balaban J connectivity index is 1.55. The molecule has 3 heterocycles. The number of benzene rings is 2. The number of fused-ring (bicyclic) bond motifs is 2. The van der Waals surface area contributed by atoms with E-state index >= 15 is 0 Å². The van der Waals surface area contributed by atoms with Crippen molar-refractivity contribution in [2.45, 2.75) is 25.8 Å². The summed E-state index contributed by atoms with van der Waals surface area (Å²) in [6.07, 6.45) is 1.87. The first-order valence-corrected chi connectivity index (χ1v) is 9.84. The number of aromatic amines is 1. The first-order valence-electron chi connectivity index (χ1n) is 9.03. The van der Waals surface area contributed by atoms with Crippen LogP contribution in [0.2, 0.25) is 0 Å². The van der Waals surface area contributed by atoms with Crippen molar-refractivity contribution in [3.8, 4) is 0 Å². The van der Waals surface area contributed by atoms with E-state index in [4.69, 9.17) is 10.7 Å². The number of thiazole rings is 1.